The van der Waals surface area contributed by atoms with Gasteiger partial charge in [-0.15, -0.1) is 0 Å². The molecule has 184 valence electrons. The third-order valence-electron chi connectivity index (χ3n) is 4.70. The van der Waals surface area contributed by atoms with Gasteiger partial charge in [-0.1, -0.05) is 10.3 Å². The van der Waals surface area contributed by atoms with Gasteiger partial charge in [0.25, 0.3) is 0 Å². The van der Waals surface area contributed by atoms with Gasteiger partial charge < -0.3 is 19.2 Å². The summed E-state index contributed by atoms with van der Waals surface area (Å²) in [6.45, 7) is 7.04. The van der Waals surface area contributed by atoms with E-state index in [0.717, 1.165) is 5.56 Å². The number of hydrogen-bond donors (Lipinski definition) is 1. The molecular formula is C24H26N4O7. The Labute approximate surface area is 201 Å². The lowest BCUT2D eigenvalue weighted by Gasteiger charge is -2.11. The number of pyridine rings is 2. The van der Waals surface area contributed by atoms with E-state index in [1.54, 1.807) is 57.4 Å². The molecule has 3 aromatic heterocycles. The first kappa shape index (κ1) is 26.8. The molecule has 0 aromatic carbocycles. The zero-order valence-corrected chi connectivity index (χ0v) is 19.8. The molecule has 0 spiro atoms. The lowest BCUT2D eigenvalue weighted by Crippen LogP contribution is -2.30. The molecule has 11 heteroatoms. The normalized spacial score (nSPS) is 11.6. The molecule has 35 heavy (non-hydrogen) atoms. The van der Waals surface area contributed by atoms with Gasteiger partial charge in [-0.05, 0) is 52.0 Å². The Kier molecular flexibility index (Phi) is 10.2. The molecule has 0 radical (unpaired) electrons. The lowest BCUT2D eigenvalue weighted by atomic mass is 9.95. The number of hydrogen-bond acceptors (Lipinski definition) is 11. The minimum atomic E-state index is -0.930. The van der Waals surface area contributed by atoms with Crippen LogP contribution in [0.1, 0.15) is 42.5 Å². The highest BCUT2D eigenvalue weighted by molar-refractivity contribution is 6.39. The second-order valence-corrected chi connectivity index (χ2v) is 6.97. The van der Waals surface area contributed by atoms with Crippen LogP contribution >= 0.6 is 0 Å². The predicted octanol–water partition coefficient (Wildman–Crippen LogP) is 3.25. The standard InChI is InChI=1S/C12H14N2O4.C12H12N2O3/c1-3-18-12(16)11(15)8(2)10(14-17)9-4-6-13-7-5-9;1-3-16-12(15)11-8(2)10(14-17-11)9-4-6-13-7-5-9/h4-8,17H,3H2,1-2H3;4-7H,3H2,1-2H3. The van der Waals surface area contributed by atoms with Crippen LogP contribution in [0.3, 0.4) is 0 Å². The van der Waals surface area contributed by atoms with Crippen LogP contribution in [0.5, 0.6) is 0 Å². The van der Waals surface area contributed by atoms with Crippen LogP contribution in [-0.4, -0.2) is 57.0 Å². The van der Waals surface area contributed by atoms with Crippen molar-refractivity contribution < 1.29 is 33.6 Å². The number of oxime groups is 1. The molecule has 1 unspecified atom stereocenters. The molecule has 0 aliphatic carbocycles. The minimum absolute atomic E-state index is 0.107. The van der Waals surface area contributed by atoms with Crippen LogP contribution in [0.4, 0.5) is 0 Å². The van der Waals surface area contributed by atoms with Crippen LogP contribution < -0.4 is 0 Å². The molecule has 1 N–H and O–H groups in total. The number of esters is 2. The fourth-order valence-electron chi connectivity index (χ4n) is 2.92. The predicted molar refractivity (Wildman–Crippen MR) is 124 cm³/mol. The maximum atomic E-state index is 11.7. The summed E-state index contributed by atoms with van der Waals surface area (Å²) < 4.78 is 14.5. The molecule has 3 aromatic rings. The van der Waals surface area contributed by atoms with Crippen LogP contribution in [-0.2, 0) is 19.1 Å². The van der Waals surface area contributed by atoms with E-state index >= 15 is 0 Å². The van der Waals surface area contributed by atoms with Gasteiger partial charge in [0.15, 0.2) is 0 Å². The van der Waals surface area contributed by atoms with Crippen molar-refractivity contribution in [2.24, 2.45) is 11.1 Å². The minimum Gasteiger partial charge on any atom is -0.460 e. The van der Waals surface area contributed by atoms with Crippen LogP contribution in [0, 0.1) is 12.8 Å². The largest absolute Gasteiger partial charge is 0.460 e. The number of carbonyl (C=O) groups is 3. The average Bonchev–Trinajstić information content (AvgIpc) is 3.27. The Morgan fingerprint density at radius 3 is 2.11 bits per heavy atom. The third-order valence-corrected chi connectivity index (χ3v) is 4.70. The number of Topliss-reactive ketones (excluding diaryl/α,β-unsaturated/α-hetero) is 1. The van der Waals surface area contributed by atoms with Crippen LogP contribution in [0.2, 0.25) is 0 Å². The maximum absolute atomic E-state index is 11.7. The smallest absolute Gasteiger partial charge is 0.377 e. The van der Waals surface area contributed by atoms with Crippen molar-refractivity contribution in [3.05, 3.63) is 65.9 Å². The number of aromatic nitrogens is 3. The van der Waals surface area contributed by atoms with Crippen molar-refractivity contribution in [2.75, 3.05) is 13.2 Å². The van der Waals surface area contributed by atoms with E-state index in [1.165, 1.54) is 19.3 Å². The number of ether oxygens (including phenoxy) is 2. The molecule has 1 atom stereocenters. The Bertz CT molecular complexity index is 1160. The summed E-state index contributed by atoms with van der Waals surface area (Å²) >= 11 is 0. The van der Waals surface area contributed by atoms with Crippen molar-refractivity contribution in [1.82, 2.24) is 15.1 Å². The van der Waals surface area contributed by atoms with Crippen LogP contribution in [0.15, 0.2) is 58.7 Å². The molecule has 0 fully saturated rings. The fraction of sp³-hybridized carbons (Fsp3) is 0.292. The molecular weight excluding hydrogens is 456 g/mol. The molecule has 0 bridgehead atoms. The van der Waals surface area contributed by atoms with Crippen LogP contribution in [0.25, 0.3) is 11.3 Å². The summed E-state index contributed by atoms with van der Waals surface area (Å²) in [5.41, 5.74) is 2.80. The number of carbonyl (C=O) groups excluding carboxylic acids is 3. The fourth-order valence-corrected chi connectivity index (χ4v) is 2.92. The molecule has 3 rings (SSSR count). The summed E-state index contributed by atoms with van der Waals surface area (Å²) in [5, 5.41) is 15.9. The van der Waals surface area contributed by atoms with Crippen molar-refractivity contribution in [3.63, 3.8) is 0 Å². The van der Waals surface area contributed by atoms with Gasteiger partial charge >= 0.3 is 11.9 Å². The quantitative estimate of drug-likeness (QED) is 0.166. The second-order valence-electron chi connectivity index (χ2n) is 6.97. The number of rotatable bonds is 8. The summed E-state index contributed by atoms with van der Waals surface area (Å²) in [7, 11) is 0. The first-order valence-electron chi connectivity index (χ1n) is 10.7. The maximum Gasteiger partial charge on any atom is 0.377 e. The molecule has 0 saturated carbocycles. The molecule has 3 heterocycles. The Hall–Kier alpha value is -4.41. The van der Waals surface area contributed by atoms with Crippen molar-refractivity contribution >= 4 is 23.4 Å². The highest BCUT2D eigenvalue weighted by Gasteiger charge is 2.28. The molecule has 0 aliphatic heterocycles. The van der Waals surface area contributed by atoms with E-state index < -0.39 is 23.6 Å². The molecule has 0 amide bonds. The third kappa shape index (κ3) is 7.03. The van der Waals surface area contributed by atoms with Gasteiger partial charge in [-0.2, -0.15) is 0 Å². The Balaban J connectivity index is 0.000000247. The van der Waals surface area contributed by atoms with Gasteiger partial charge in [0.05, 0.1) is 24.8 Å². The molecule has 0 aliphatic rings. The van der Waals surface area contributed by atoms with Gasteiger partial charge in [-0.3, -0.25) is 14.8 Å². The monoisotopic (exact) mass is 482 g/mol. The number of ketones is 1. The van der Waals surface area contributed by atoms with E-state index in [9.17, 15) is 14.4 Å². The van der Waals surface area contributed by atoms with E-state index in [1.807, 2.05) is 0 Å². The highest BCUT2D eigenvalue weighted by Crippen LogP contribution is 2.24. The van der Waals surface area contributed by atoms with Crippen molar-refractivity contribution in [2.45, 2.75) is 27.7 Å². The van der Waals surface area contributed by atoms with Crippen molar-refractivity contribution in [3.8, 4) is 11.3 Å². The summed E-state index contributed by atoms with van der Waals surface area (Å²) in [6, 6.07) is 6.79. The zero-order valence-electron chi connectivity index (χ0n) is 19.8. The van der Waals surface area contributed by atoms with Crippen molar-refractivity contribution in [1.29, 1.82) is 0 Å². The Morgan fingerprint density at radius 1 is 1.00 bits per heavy atom. The molecule has 0 saturated heterocycles. The average molecular weight is 482 g/mol. The van der Waals surface area contributed by atoms with Gasteiger partial charge in [0.2, 0.25) is 11.5 Å². The van der Waals surface area contributed by atoms with Gasteiger partial charge in [-0.25, -0.2) is 9.59 Å². The van der Waals surface area contributed by atoms with E-state index in [-0.39, 0.29) is 18.1 Å². The van der Waals surface area contributed by atoms with Gasteiger partial charge in [0.1, 0.15) is 5.69 Å². The first-order valence-corrected chi connectivity index (χ1v) is 10.7. The summed E-state index contributed by atoms with van der Waals surface area (Å²) in [6.07, 6.45) is 6.32. The zero-order chi connectivity index (χ0) is 25.8. The highest BCUT2D eigenvalue weighted by atomic mass is 16.6. The summed E-state index contributed by atoms with van der Waals surface area (Å²) in [5.74, 6) is -2.89. The lowest BCUT2D eigenvalue weighted by molar-refractivity contribution is -0.154. The van der Waals surface area contributed by atoms with E-state index in [0.29, 0.717) is 23.4 Å². The summed E-state index contributed by atoms with van der Waals surface area (Å²) in [4.78, 5) is 42.3. The second kappa shape index (κ2) is 13.3. The SMILES string of the molecule is CCOC(=O)C(=O)C(C)C(=NO)c1ccncc1.CCOC(=O)c1onc(-c2ccncc2)c1C. The topological polar surface area (TPSA) is 154 Å². The number of nitrogens with zero attached hydrogens (tertiary/aromatic N) is 4. The van der Waals surface area contributed by atoms with E-state index in [4.69, 9.17) is 14.5 Å². The first-order chi connectivity index (χ1) is 16.8. The molecule has 11 nitrogen and oxygen atoms in total. The van der Waals surface area contributed by atoms with E-state index in [2.05, 4.69) is 25.0 Å². The van der Waals surface area contributed by atoms with Gasteiger partial charge in [0, 0.05) is 41.5 Å². The Morgan fingerprint density at radius 2 is 1.57 bits per heavy atom.